The lowest BCUT2D eigenvalue weighted by Crippen LogP contribution is -2.38. The SMILES string of the molecule is Cn1c(CNc2cccc(Cl)c2)cc(=O)n(C)c1=O. The molecule has 5 nitrogen and oxygen atoms in total. The highest BCUT2D eigenvalue weighted by Gasteiger charge is 2.05. The lowest BCUT2D eigenvalue weighted by Gasteiger charge is -2.11. The summed E-state index contributed by atoms with van der Waals surface area (Å²) in [5, 5.41) is 3.75. The van der Waals surface area contributed by atoms with E-state index in [0.29, 0.717) is 17.3 Å². The standard InChI is InChI=1S/C13H14ClN3O2/c1-16-11(7-12(18)17(2)13(16)19)8-15-10-5-3-4-9(14)6-10/h3-7,15H,8H2,1-2H3. The summed E-state index contributed by atoms with van der Waals surface area (Å²) in [4.78, 5) is 23.3. The largest absolute Gasteiger partial charge is 0.379 e. The van der Waals surface area contributed by atoms with Crippen LogP contribution in [0.25, 0.3) is 0 Å². The van der Waals surface area contributed by atoms with Crippen LogP contribution in [-0.2, 0) is 20.6 Å². The van der Waals surface area contributed by atoms with Crippen LogP contribution in [0.4, 0.5) is 5.69 Å². The summed E-state index contributed by atoms with van der Waals surface area (Å²) in [5.41, 5.74) is 0.801. The number of anilines is 1. The number of hydrogen-bond acceptors (Lipinski definition) is 3. The van der Waals surface area contributed by atoms with Crippen LogP contribution in [-0.4, -0.2) is 9.13 Å². The Morgan fingerprint density at radius 3 is 2.58 bits per heavy atom. The first kappa shape index (κ1) is 13.4. The predicted octanol–water partition coefficient (Wildman–Crippen LogP) is 1.35. The van der Waals surface area contributed by atoms with Crippen LogP contribution in [0.1, 0.15) is 5.69 Å². The van der Waals surface area contributed by atoms with Gasteiger partial charge in [-0.25, -0.2) is 4.79 Å². The second kappa shape index (κ2) is 5.32. The summed E-state index contributed by atoms with van der Waals surface area (Å²) in [6.07, 6.45) is 0. The van der Waals surface area contributed by atoms with Crippen molar-refractivity contribution in [3.05, 3.63) is 61.9 Å². The molecule has 0 unspecified atom stereocenters. The van der Waals surface area contributed by atoms with Gasteiger partial charge in [-0.3, -0.25) is 13.9 Å². The predicted molar refractivity (Wildman–Crippen MR) is 75.7 cm³/mol. The molecule has 0 fully saturated rings. The summed E-state index contributed by atoms with van der Waals surface area (Å²) in [6, 6.07) is 8.69. The maximum Gasteiger partial charge on any atom is 0.330 e. The molecule has 100 valence electrons. The summed E-state index contributed by atoms with van der Waals surface area (Å²) in [7, 11) is 3.09. The number of nitrogens with zero attached hydrogens (tertiary/aromatic N) is 2. The zero-order valence-electron chi connectivity index (χ0n) is 10.7. The van der Waals surface area contributed by atoms with Gasteiger partial charge in [0.05, 0.1) is 6.54 Å². The second-order valence-corrected chi connectivity index (χ2v) is 4.67. The Hall–Kier alpha value is -2.01. The minimum absolute atomic E-state index is 0.314. The third kappa shape index (κ3) is 2.88. The van der Waals surface area contributed by atoms with E-state index in [1.807, 2.05) is 12.1 Å². The van der Waals surface area contributed by atoms with Crippen molar-refractivity contribution in [2.75, 3.05) is 5.32 Å². The molecule has 0 radical (unpaired) electrons. The van der Waals surface area contributed by atoms with E-state index in [2.05, 4.69) is 5.32 Å². The van der Waals surface area contributed by atoms with Crippen molar-refractivity contribution >= 4 is 17.3 Å². The Kier molecular flexibility index (Phi) is 3.76. The van der Waals surface area contributed by atoms with E-state index >= 15 is 0 Å². The lowest BCUT2D eigenvalue weighted by molar-refractivity contribution is 0.655. The Morgan fingerprint density at radius 2 is 1.89 bits per heavy atom. The third-order valence-electron chi connectivity index (χ3n) is 2.92. The Labute approximate surface area is 115 Å². The van der Waals surface area contributed by atoms with E-state index in [-0.39, 0.29) is 11.2 Å². The van der Waals surface area contributed by atoms with Crippen molar-refractivity contribution in [2.45, 2.75) is 6.54 Å². The highest BCUT2D eigenvalue weighted by atomic mass is 35.5. The smallest absolute Gasteiger partial charge is 0.330 e. The van der Waals surface area contributed by atoms with Gasteiger partial charge in [0, 0.05) is 36.6 Å². The molecule has 0 atom stereocenters. The van der Waals surface area contributed by atoms with Crippen molar-refractivity contribution in [1.29, 1.82) is 0 Å². The first-order valence-corrected chi connectivity index (χ1v) is 6.12. The molecule has 0 bridgehead atoms. The molecule has 6 heteroatoms. The van der Waals surface area contributed by atoms with E-state index in [0.717, 1.165) is 10.3 Å². The minimum Gasteiger partial charge on any atom is -0.379 e. The Balaban J connectivity index is 2.26. The molecule has 2 aromatic rings. The maximum absolute atomic E-state index is 11.8. The number of rotatable bonds is 3. The van der Waals surface area contributed by atoms with Crippen molar-refractivity contribution in [3.63, 3.8) is 0 Å². The van der Waals surface area contributed by atoms with Gasteiger partial charge in [-0.1, -0.05) is 17.7 Å². The number of aromatic nitrogens is 2. The van der Waals surface area contributed by atoms with Crippen molar-refractivity contribution < 1.29 is 0 Å². The maximum atomic E-state index is 11.8. The molecule has 0 aliphatic carbocycles. The van der Waals surface area contributed by atoms with Crippen LogP contribution in [0.5, 0.6) is 0 Å². The Morgan fingerprint density at radius 1 is 1.16 bits per heavy atom. The minimum atomic E-state index is -0.338. The molecule has 0 saturated carbocycles. The van der Waals surface area contributed by atoms with Crippen LogP contribution < -0.4 is 16.6 Å². The molecule has 0 aliphatic heterocycles. The number of halogens is 1. The van der Waals surface area contributed by atoms with E-state index in [9.17, 15) is 9.59 Å². The molecule has 1 heterocycles. The molecule has 0 amide bonds. The van der Waals surface area contributed by atoms with Gasteiger partial charge < -0.3 is 5.32 Å². The van der Waals surface area contributed by atoms with E-state index in [4.69, 9.17) is 11.6 Å². The van der Waals surface area contributed by atoms with E-state index in [1.165, 1.54) is 17.7 Å². The molecule has 2 rings (SSSR count). The van der Waals surface area contributed by atoms with E-state index < -0.39 is 0 Å². The highest BCUT2D eigenvalue weighted by molar-refractivity contribution is 6.30. The van der Waals surface area contributed by atoms with Crippen LogP contribution >= 0.6 is 11.6 Å². The quantitative estimate of drug-likeness (QED) is 0.923. The van der Waals surface area contributed by atoms with Crippen LogP contribution in [0.2, 0.25) is 5.02 Å². The van der Waals surface area contributed by atoms with Gasteiger partial charge in [-0.2, -0.15) is 0 Å². The van der Waals surface area contributed by atoms with Crippen molar-refractivity contribution in [2.24, 2.45) is 14.1 Å². The average molecular weight is 280 g/mol. The normalized spacial score (nSPS) is 10.5. The van der Waals surface area contributed by atoms with Gasteiger partial charge in [-0.05, 0) is 18.2 Å². The molecule has 19 heavy (non-hydrogen) atoms. The molecular formula is C13H14ClN3O2. The third-order valence-corrected chi connectivity index (χ3v) is 3.16. The monoisotopic (exact) mass is 279 g/mol. The van der Waals surface area contributed by atoms with Gasteiger partial charge in [0.1, 0.15) is 0 Å². The highest BCUT2D eigenvalue weighted by Crippen LogP contribution is 2.15. The van der Waals surface area contributed by atoms with Gasteiger partial charge in [-0.15, -0.1) is 0 Å². The molecule has 1 N–H and O–H groups in total. The number of hydrogen-bond donors (Lipinski definition) is 1. The molecule has 0 aliphatic rings. The van der Waals surface area contributed by atoms with Crippen LogP contribution in [0, 0.1) is 0 Å². The topological polar surface area (TPSA) is 56.0 Å². The zero-order chi connectivity index (χ0) is 14.0. The van der Waals surface area contributed by atoms with Crippen molar-refractivity contribution in [1.82, 2.24) is 9.13 Å². The average Bonchev–Trinajstić information content (AvgIpc) is 2.39. The zero-order valence-corrected chi connectivity index (χ0v) is 11.4. The molecular weight excluding hydrogens is 266 g/mol. The number of nitrogens with one attached hydrogen (secondary N) is 1. The lowest BCUT2D eigenvalue weighted by atomic mass is 10.3. The van der Waals surface area contributed by atoms with E-state index in [1.54, 1.807) is 19.2 Å². The first-order chi connectivity index (χ1) is 8.99. The summed E-state index contributed by atoms with van der Waals surface area (Å²) in [5.74, 6) is 0. The fourth-order valence-electron chi connectivity index (χ4n) is 1.74. The van der Waals surface area contributed by atoms with Gasteiger partial charge >= 0.3 is 5.69 Å². The fraction of sp³-hybridized carbons (Fsp3) is 0.231. The molecule has 0 saturated heterocycles. The van der Waals surface area contributed by atoms with Gasteiger partial charge in [0.15, 0.2) is 0 Å². The Bertz CT molecular complexity index is 719. The second-order valence-electron chi connectivity index (χ2n) is 4.24. The molecule has 1 aromatic heterocycles. The van der Waals surface area contributed by atoms with Crippen LogP contribution in [0.3, 0.4) is 0 Å². The first-order valence-electron chi connectivity index (χ1n) is 5.74. The summed E-state index contributed by atoms with van der Waals surface area (Å²) < 4.78 is 2.52. The number of benzene rings is 1. The van der Waals surface area contributed by atoms with Crippen molar-refractivity contribution in [3.8, 4) is 0 Å². The fourth-order valence-corrected chi connectivity index (χ4v) is 1.93. The van der Waals surface area contributed by atoms with Crippen LogP contribution in [0.15, 0.2) is 39.9 Å². The summed E-state index contributed by atoms with van der Waals surface area (Å²) in [6.45, 7) is 0.377. The van der Waals surface area contributed by atoms with Gasteiger partial charge in [0.2, 0.25) is 0 Å². The summed E-state index contributed by atoms with van der Waals surface area (Å²) >= 11 is 5.88. The molecule has 1 aromatic carbocycles. The molecule has 0 spiro atoms. The van der Waals surface area contributed by atoms with Gasteiger partial charge in [0.25, 0.3) is 5.56 Å².